The second kappa shape index (κ2) is 10.9. The second-order valence-corrected chi connectivity index (χ2v) is 5.34. The van der Waals surface area contributed by atoms with Gasteiger partial charge in [0.05, 0.1) is 6.04 Å². The molecule has 5 nitrogen and oxygen atoms in total. The fourth-order valence-corrected chi connectivity index (χ4v) is 2.42. The van der Waals surface area contributed by atoms with E-state index < -0.39 is 6.04 Å². The van der Waals surface area contributed by atoms with Gasteiger partial charge in [-0.1, -0.05) is 32.6 Å². The van der Waals surface area contributed by atoms with E-state index in [2.05, 4.69) is 10.6 Å². The molecule has 1 rings (SSSR count). The fraction of sp³-hybridized carbons (Fsp3) is 0.857. The molecule has 4 N–H and O–H groups in total. The van der Waals surface area contributed by atoms with Gasteiger partial charge < -0.3 is 16.4 Å². The molecule has 1 aliphatic carbocycles. The van der Waals surface area contributed by atoms with Crippen LogP contribution in [-0.4, -0.2) is 30.4 Å². The van der Waals surface area contributed by atoms with Crippen molar-refractivity contribution in [3.05, 3.63) is 0 Å². The lowest BCUT2D eigenvalue weighted by atomic mass is 9.95. The molecule has 0 bridgehead atoms. The first-order valence-electron chi connectivity index (χ1n) is 7.46. The maximum absolute atomic E-state index is 11.7. The normalized spacial score (nSPS) is 16.9. The Labute approximate surface area is 127 Å². The zero-order chi connectivity index (χ0) is 14.1. The van der Waals surface area contributed by atoms with Crippen LogP contribution < -0.4 is 16.4 Å². The van der Waals surface area contributed by atoms with E-state index in [9.17, 15) is 9.59 Å². The van der Waals surface area contributed by atoms with Crippen LogP contribution in [0.5, 0.6) is 0 Å². The zero-order valence-corrected chi connectivity index (χ0v) is 13.1. The largest absolute Gasteiger partial charge is 0.354 e. The second-order valence-electron chi connectivity index (χ2n) is 5.34. The predicted octanol–water partition coefficient (Wildman–Crippen LogP) is 1.49. The maximum Gasteiger partial charge on any atom is 0.236 e. The third-order valence-corrected chi connectivity index (χ3v) is 3.56. The van der Waals surface area contributed by atoms with Gasteiger partial charge >= 0.3 is 0 Å². The quantitative estimate of drug-likeness (QED) is 0.666. The van der Waals surface area contributed by atoms with E-state index in [0.29, 0.717) is 25.4 Å². The molecule has 0 saturated heterocycles. The molecular formula is C14H28ClN3O2. The lowest BCUT2D eigenvalue weighted by Gasteiger charge is -2.22. The van der Waals surface area contributed by atoms with E-state index in [1.165, 1.54) is 19.3 Å². The molecule has 0 radical (unpaired) electrons. The summed E-state index contributed by atoms with van der Waals surface area (Å²) in [5.74, 6) is -0.136. The molecule has 1 fully saturated rings. The van der Waals surface area contributed by atoms with Crippen LogP contribution in [0.2, 0.25) is 0 Å². The molecule has 0 heterocycles. The van der Waals surface area contributed by atoms with Gasteiger partial charge in [-0.05, 0) is 19.3 Å². The van der Waals surface area contributed by atoms with Crippen LogP contribution >= 0.6 is 12.4 Å². The first kappa shape index (κ1) is 19.2. The van der Waals surface area contributed by atoms with Crippen LogP contribution in [0.15, 0.2) is 0 Å². The molecule has 20 heavy (non-hydrogen) atoms. The van der Waals surface area contributed by atoms with Crippen LogP contribution in [0.3, 0.4) is 0 Å². The Balaban J connectivity index is 0.00000361. The summed E-state index contributed by atoms with van der Waals surface area (Å²) in [6, 6.07) is -0.120. The van der Waals surface area contributed by atoms with Crippen molar-refractivity contribution in [1.82, 2.24) is 10.6 Å². The van der Waals surface area contributed by atoms with Gasteiger partial charge in [0.15, 0.2) is 0 Å². The topological polar surface area (TPSA) is 84.2 Å². The summed E-state index contributed by atoms with van der Waals surface area (Å²) >= 11 is 0. The predicted molar refractivity (Wildman–Crippen MR) is 82.8 cm³/mol. The molecular weight excluding hydrogens is 278 g/mol. The number of hydrogen-bond donors (Lipinski definition) is 3. The molecule has 6 heteroatoms. The molecule has 0 spiro atoms. The lowest BCUT2D eigenvalue weighted by Crippen LogP contribution is -2.42. The Morgan fingerprint density at radius 3 is 2.50 bits per heavy atom. The summed E-state index contributed by atoms with van der Waals surface area (Å²) in [5.41, 5.74) is 5.68. The fourth-order valence-electron chi connectivity index (χ4n) is 2.42. The van der Waals surface area contributed by atoms with Gasteiger partial charge in [-0.25, -0.2) is 0 Å². The van der Waals surface area contributed by atoms with Gasteiger partial charge in [0, 0.05) is 19.0 Å². The van der Waals surface area contributed by atoms with E-state index in [1.54, 1.807) is 0 Å². The van der Waals surface area contributed by atoms with Crippen molar-refractivity contribution < 1.29 is 9.59 Å². The highest BCUT2D eigenvalue weighted by Crippen LogP contribution is 2.17. The van der Waals surface area contributed by atoms with Gasteiger partial charge in [0.1, 0.15) is 0 Å². The van der Waals surface area contributed by atoms with Crippen molar-refractivity contribution in [2.75, 3.05) is 6.54 Å². The first-order chi connectivity index (χ1) is 9.13. The van der Waals surface area contributed by atoms with Gasteiger partial charge in [0.25, 0.3) is 0 Å². The van der Waals surface area contributed by atoms with Gasteiger partial charge in [0.2, 0.25) is 11.8 Å². The smallest absolute Gasteiger partial charge is 0.236 e. The summed E-state index contributed by atoms with van der Waals surface area (Å²) in [5, 5.41) is 5.74. The Morgan fingerprint density at radius 1 is 1.25 bits per heavy atom. The summed E-state index contributed by atoms with van der Waals surface area (Å²) < 4.78 is 0. The zero-order valence-electron chi connectivity index (χ0n) is 12.3. The molecule has 2 amide bonds. The molecule has 0 aliphatic heterocycles. The Hall–Kier alpha value is -0.810. The SMILES string of the molecule is CCCC(N)C(=O)NCCC(=O)NC1CCCCC1.Cl. The van der Waals surface area contributed by atoms with Gasteiger partial charge in [-0.15, -0.1) is 12.4 Å². The maximum atomic E-state index is 11.7. The Morgan fingerprint density at radius 2 is 1.90 bits per heavy atom. The highest BCUT2D eigenvalue weighted by atomic mass is 35.5. The number of carbonyl (C=O) groups excluding carboxylic acids is 2. The Kier molecular flexibility index (Phi) is 10.5. The van der Waals surface area contributed by atoms with Crippen molar-refractivity contribution in [2.45, 2.75) is 70.4 Å². The van der Waals surface area contributed by atoms with Crippen molar-refractivity contribution in [3.8, 4) is 0 Å². The first-order valence-corrected chi connectivity index (χ1v) is 7.46. The molecule has 0 aromatic heterocycles. The van der Waals surface area contributed by atoms with E-state index >= 15 is 0 Å². The van der Waals surface area contributed by atoms with Crippen LogP contribution in [-0.2, 0) is 9.59 Å². The third kappa shape index (κ3) is 7.70. The van der Waals surface area contributed by atoms with E-state index in [1.807, 2.05) is 6.92 Å². The molecule has 0 aromatic carbocycles. The summed E-state index contributed by atoms with van der Waals surface area (Å²) in [6.45, 7) is 2.36. The molecule has 1 atom stereocenters. The molecule has 0 aromatic rings. The van der Waals surface area contributed by atoms with Gasteiger partial charge in [-0.3, -0.25) is 9.59 Å². The average molecular weight is 306 g/mol. The highest BCUT2D eigenvalue weighted by molar-refractivity contribution is 5.85. The summed E-state index contributed by atoms with van der Waals surface area (Å²) in [6.07, 6.45) is 7.75. The molecule has 118 valence electrons. The standard InChI is InChI=1S/C14H27N3O2.ClH/c1-2-6-12(15)14(19)16-10-9-13(18)17-11-7-4-3-5-8-11;/h11-12H,2-10,15H2,1H3,(H,16,19)(H,17,18);1H. The summed E-state index contributed by atoms with van der Waals surface area (Å²) in [4.78, 5) is 23.2. The number of nitrogens with two attached hydrogens (primary N) is 1. The number of amides is 2. The van der Waals surface area contributed by atoms with Crippen LogP contribution in [0, 0.1) is 0 Å². The van der Waals surface area contributed by atoms with E-state index in [0.717, 1.165) is 19.3 Å². The van der Waals surface area contributed by atoms with E-state index in [-0.39, 0.29) is 24.2 Å². The monoisotopic (exact) mass is 305 g/mol. The average Bonchev–Trinajstić information content (AvgIpc) is 2.40. The number of nitrogens with one attached hydrogen (secondary N) is 2. The number of rotatable bonds is 7. The number of halogens is 1. The number of carbonyl (C=O) groups is 2. The molecule has 1 aliphatic rings. The molecule has 1 unspecified atom stereocenters. The minimum absolute atomic E-state index is 0. The minimum atomic E-state index is -0.452. The molecule has 1 saturated carbocycles. The van der Waals surface area contributed by atoms with E-state index in [4.69, 9.17) is 5.73 Å². The van der Waals surface area contributed by atoms with Crippen LogP contribution in [0.4, 0.5) is 0 Å². The number of hydrogen-bond acceptors (Lipinski definition) is 3. The Bertz CT molecular complexity index is 294. The third-order valence-electron chi connectivity index (χ3n) is 3.56. The minimum Gasteiger partial charge on any atom is -0.354 e. The lowest BCUT2D eigenvalue weighted by molar-refractivity contribution is -0.123. The van der Waals surface area contributed by atoms with Crippen LogP contribution in [0.1, 0.15) is 58.3 Å². The van der Waals surface area contributed by atoms with Gasteiger partial charge in [-0.2, -0.15) is 0 Å². The van der Waals surface area contributed by atoms with Crippen molar-refractivity contribution in [3.63, 3.8) is 0 Å². The summed E-state index contributed by atoms with van der Waals surface area (Å²) in [7, 11) is 0. The van der Waals surface area contributed by atoms with Crippen molar-refractivity contribution >= 4 is 24.2 Å². The van der Waals surface area contributed by atoms with Crippen LogP contribution in [0.25, 0.3) is 0 Å². The highest BCUT2D eigenvalue weighted by Gasteiger charge is 2.16. The van der Waals surface area contributed by atoms with Crippen molar-refractivity contribution in [1.29, 1.82) is 0 Å². The van der Waals surface area contributed by atoms with Crippen molar-refractivity contribution in [2.24, 2.45) is 5.73 Å².